The molecule has 0 saturated carbocycles. The number of carbonyl (C=O) groups excluding carboxylic acids is 1. The SMILES string of the molecule is [C-]#[N+]C[C@H]1CN(c2nc(OC[C@@H]3CCCN3C)nc3c2COC(c2cccc4cccc(Cl)c24)C3(C)C)CCN1C(=O)C(=C)F. The number of amides is 1. The molecule has 3 aliphatic heterocycles. The van der Waals surface area contributed by atoms with Gasteiger partial charge < -0.3 is 29.0 Å². The van der Waals surface area contributed by atoms with Crippen LogP contribution in [0, 0.1) is 6.57 Å². The summed E-state index contributed by atoms with van der Waals surface area (Å²) < 4.78 is 26.9. The molecule has 2 fully saturated rings. The Morgan fingerprint density at radius 2 is 1.98 bits per heavy atom. The first-order valence-corrected chi connectivity index (χ1v) is 15.7. The van der Waals surface area contributed by atoms with Gasteiger partial charge in [0, 0.05) is 47.1 Å². The van der Waals surface area contributed by atoms with Crippen LogP contribution in [0.4, 0.5) is 10.2 Å². The highest BCUT2D eigenvalue weighted by atomic mass is 35.5. The van der Waals surface area contributed by atoms with Gasteiger partial charge in [-0.15, -0.1) is 0 Å². The molecule has 0 aliphatic carbocycles. The molecule has 0 spiro atoms. The molecule has 11 heteroatoms. The molecule has 0 bridgehead atoms. The van der Waals surface area contributed by atoms with Gasteiger partial charge in [-0.3, -0.25) is 4.79 Å². The molecular formula is C34H38ClFN6O3. The standard InChI is InChI=1S/C34H38ClFN6O3/c1-21(36)32(43)42-16-15-41(18-24(42)17-37-4)31-26-20-44-30(25-12-6-9-22-10-7-13-27(35)28(22)25)34(2,3)29(26)38-33(39-31)45-19-23-11-8-14-40(23)5/h6-7,9-10,12-13,23-24,30H,1,8,11,14-20H2,2-3,5H3/t23-,24-,30?/m0/s1. The minimum Gasteiger partial charge on any atom is -0.462 e. The molecule has 1 aromatic heterocycles. The van der Waals surface area contributed by atoms with Crippen molar-refractivity contribution in [1.82, 2.24) is 19.8 Å². The zero-order valence-corrected chi connectivity index (χ0v) is 26.7. The maximum Gasteiger partial charge on any atom is 0.318 e. The number of piperazine rings is 1. The van der Waals surface area contributed by atoms with E-state index in [4.69, 9.17) is 37.6 Å². The lowest BCUT2D eigenvalue weighted by Crippen LogP contribution is -2.57. The number of carbonyl (C=O) groups is 1. The molecule has 45 heavy (non-hydrogen) atoms. The molecular weight excluding hydrogens is 595 g/mol. The fourth-order valence-corrected chi connectivity index (χ4v) is 7.35. The van der Waals surface area contributed by atoms with Gasteiger partial charge in [-0.25, -0.2) is 11.0 Å². The number of benzene rings is 2. The number of ether oxygens (including phenoxy) is 2. The molecule has 2 saturated heterocycles. The summed E-state index contributed by atoms with van der Waals surface area (Å²) >= 11 is 6.75. The number of anilines is 1. The average molecular weight is 633 g/mol. The predicted octanol–water partition coefficient (Wildman–Crippen LogP) is 5.72. The van der Waals surface area contributed by atoms with Crippen molar-refractivity contribution >= 4 is 34.1 Å². The van der Waals surface area contributed by atoms with Gasteiger partial charge in [-0.05, 0) is 43.5 Å². The van der Waals surface area contributed by atoms with Gasteiger partial charge in [0.05, 0.1) is 18.4 Å². The smallest absolute Gasteiger partial charge is 0.318 e. The number of halogens is 2. The van der Waals surface area contributed by atoms with Crippen molar-refractivity contribution in [2.45, 2.75) is 56.9 Å². The van der Waals surface area contributed by atoms with Crippen LogP contribution in [0.15, 0.2) is 48.8 Å². The third kappa shape index (κ3) is 5.85. The first-order valence-electron chi connectivity index (χ1n) is 15.4. The Kier molecular flexibility index (Phi) is 8.70. The molecule has 236 valence electrons. The Labute approximate surface area is 268 Å². The molecule has 4 heterocycles. The second-order valence-corrected chi connectivity index (χ2v) is 13.1. The van der Waals surface area contributed by atoms with Crippen molar-refractivity contribution in [2.24, 2.45) is 0 Å². The largest absolute Gasteiger partial charge is 0.462 e. The minimum atomic E-state index is -1.03. The van der Waals surface area contributed by atoms with Crippen molar-refractivity contribution in [3.63, 3.8) is 0 Å². The second kappa shape index (κ2) is 12.5. The van der Waals surface area contributed by atoms with Gasteiger partial charge in [0.2, 0.25) is 6.54 Å². The summed E-state index contributed by atoms with van der Waals surface area (Å²) in [4.78, 5) is 31.8. The van der Waals surface area contributed by atoms with Crippen LogP contribution in [0.2, 0.25) is 5.02 Å². The summed E-state index contributed by atoms with van der Waals surface area (Å²) in [5.74, 6) is -1.16. The first-order chi connectivity index (χ1) is 21.6. The van der Waals surface area contributed by atoms with Gasteiger partial charge in [-0.2, -0.15) is 9.97 Å². The average Bonchev–Trinajstić information content (AvgIpc) is 3.44. The number of fused-ring (bicyclic) bond motifs is 2. The van der Waals surface area contributed by atoms with Crippen molar-refractivity contribution in [3.8, 4) is 6.01 Å². The number of likely N-dealkylation sites (tertiary alicyclic amines) is 1. The second-order valence-electron chi connectivity index (χ2n) is 12.7. The Balaban J connectivity index is 1.41. The molecule has 2 aromatic carbocycles. The van der Waals surface area contributed by atoms with Crippen molar-refractivity contribution in [2.75, 3.05) is 51.3 Å². The lowest BCUT2D eigenvalue weighted by Gasteiger charge is -2.43. The lowest BCUT2D eigenvalue weighted by molar-refractivity contribution is -0.131. The van der Waals surface area contributed by atoms with Crippen LogP contribution in [0.5, 0.6) is 6.01 Å². The molecule has 0 radical (unpaired) electrons. The number of rotatable bonds is 7. The van der Waals surface area contributed by atoms with E-state index < -0.39 is 23.2 Å². The van der Waals surface area contributed by atoms with Gasteiger partial charge >= 0.3 is 6.01 Å². The van der Waals surface area contributed by atoms with Crippen LogP contribution >= 0.6 is 11.6 Å². The van der Waals surface area contributed by atoms with E-state index in [0.717, 1.165) is 47.0 Å². The Morgan fingerprint density at radius 1 is 1.20 bits per heavy atom. The fraction of sp³-hybridized carbons (Fsp3) is 0.471. The highest BCUT2D eigenvalue weighted by Crippen LogP contribution is 2.49. The molecule has 1 amide bonds. The number of hydrogen-bond acceptors (Lipinski definition) is 7. The summed E-state index contributed by atoms with van der Waals surface area (Å²) in [5.41, 5.74) is 2.03. The van der Waals surface area contributed by atoms with Crippen LogP contribution in [0.3, 0.4) is 0 Å². The molecule has 0 N–H and O–H groups in total. The molecule has 3 atom stereocenters. The zero-order chi connectivity index (χ0) is 31.9. The van der Waals surface area contributed by atoms with Crippen LogP contribution < -0.4 is 9.64 Å². The molecule has 3 aliphatic rings. The normalized spacial score (nSPS) is 23.1. The topological polar surface area (TPSA) is 75.4 Å². The molecule has 6 rings (SSSR count). The van der Waals surface area contributed by atoms with Crippen LogP contribution in [0.25, 0.3) is 15.6 Å². The van der Waals surface area contributed by atoms with Gasteiger partial charge in [-0.1, -0.05) is 62.4 Å². The van der Waals surface area contributed by atoms with Gasteiger partial charge in [0.15, 0.2) is 5.83 Å². The number of aromatic nitrogens is 2. The maximum absolute atomic E-state index is 13.9. The minimum absolute atomic E-state index is 0.0338. The Hall–Kier alpha value is -3.78. The fourth-order valence-electron chi connectivity index (χ4n) is 7.06. The summed E-state index contributed by atoms with van der Waals surface area (Å²) in [5, 5.41) is 2.65. The van der Waals surface area contributed by atoms with E-state index in [1.807, 2.05) is 35.2 Å². The molecule has 3 aromatic rings. The van der Waals surface area contributed by atoms with E-state index in [2.05, 4.69) is 43.3 Å². The van der Waals surface area contributed by atoms with E-state index in [-0.39, 0.29) is 37.9 Å². The van der Waals surface area contributed by atoms with Crippen molar-refractivity contribution < 1.29 is 18.7 Å². The predicted molar refractivity (Wildman–Crippen MR) is 172 cm³/mol. The summed E-state index contributed by atoms with van der Waals surface area (Å²) in [6.45, 7) is 17.6. The number of hydrogen-bond donors (Lipinski definition) is 0. The van der Waals surface area contributed by atoms with Crippen molar-refractivity contribution in [3.05, 3.63) is 82.1 Å². The van der Waals surface area contributed by atoms with Gasteiger partial charge in [0.25, 0.3) is 5.91 Å². The monoisotopic (exact) mass is 632 g/mol. The van der Waals surface area contributed by atoms with E-state index >= 15 is 0 Å². The third-order valence-electron chi connectivity index (χ3n) is 9.45. The summed E-state index contributed by atoms with van der Waals surface area (Å²) in [6.07, 6.45) is 1.81. The Bertz CT molecular complexity index is 1670. The number of nitrogens with zero attached hydrogens (tertiary/aromatic N) is 6. The lowest BCUT2D eigenvalue weighted by atomic mass is 9.75. The quantitative estimate of drug-likeness (QED) is 0.243. The third-order valence-corrected chi connectivity index (χ3v) is 9.76. The maximum atomic E-state index is 13.9. The highest BCUT2D eigenvalue weighted by Gasteiger charge is 2.44. The first kappa shape index (κ1) is 31.2. The van der Waals surface area contributed by atoms with Crippen molar-refractivity contribution in [1.29, 1.82) is 0 Å². The van der Waals surface area contributed by atoms with Crippen LogP contribution in [0.1, 0.15) is 49.6 Å². The van der Waals surface area contributed by atoms with Crippen LogP contribution in [-0.2, 0) is 21.6 Å². The number of likely N-dealkylation sites (N-methyl/N-ethyl adjacent to an activating group) is 1. The molecule has 1 unspecified atom stereocenters. The van der Waals surface area contributed by atoms with Gasteiger partial charge in [0.1, 0.15) is 18.5 Å². The van der Waals surface area contributed by atoms with E-state index in [1.54, 1.807) is 0 Å². The van der Waals surface area contributed by atoms with E-state index in [0.29, 0.717) is 30.5 Å². The van der Waals surface area contributed by atoms with E-state index in [9.17, 15) is 9.18 Å². The highest BCUT2D eigenvalue weighted by molar-refractivity contribution is 6.35. The summed E-state index contributed by atoms with van der Waals surface area (Å²) in [7, 11) is 2.10. The zero-order valence-electron chi connectivity index (χ0n) is 25.9. The van der Waals surface area contributed by atoms with Crippen LogP contribution in [-0.4, -0.2) is 84.1 Å². The van der Waals surface area contributed by atoms with E-state index in [1.165, 1.54) is 4.90 Å². The Morgan fingerprint density at radius 3 is 2.69 bits per heavy atom. The molecule has 9 nitrogen and oxygen atoms in total. The summed E-state index contributed by atoms with van der Waals surface area (Å²) in [6, 6.07) is 12.0.